The van der Waals surface area contributed by atoms with Crippen LogP contribution in [0, 0.1) is 23.7 Å². The lowest BCUT2D eigenvalue weighted by Crippen LogP contribution is -2.33. The van der Waals surface area contributed by atoms with E-state index >= 15 is 0 Å². The van der Waals surface area contributed by atoms with E-state index in [0.717, 1.165) is 68.6 Å². The number of esters is 1. The molecule has 0 amide bonds. The van der Waals surface area contributed by atoms with Crippen molar-refractivity contribution in [1.82, 2.24) is 4.90 Å². The minimum absolute atomic E-state index is 0.0372. The van der Waals surface area contributed by atoms with Crippen LogP contribution in [0.5, 0.6) is 0 Å². The zero-order chi connectivity index (χ0) is 41.8. The van der Waals surface area contributed by atoms with Crippen molar-refractivity contribution >= 4 is 23.7 Å². The molecule has 338 valence electrons. The second-order valence-electron chi connectivity index (χ2n) is 18.4. The van der Waals surface area contributed by atoms with Crippen LogP contribution in [-0.4, -0.2) is 70.9 Å². The Morgan fingerprint density at radius 3 is 1.82 bits per heavy atom. The van der Waals surface area contributed by atoms with E-state index in [1.807, 2.05) is 0 Å². The molecule has 0 aromatic rings. The Morgan fingerprint density at radius 1 is 0.649 bits per heavy atom. The van der Waals surface area contributed by atoms with Crippen molar-refractivity contribution in [3.05, 3.63) is 0 Å². The van der Waals surface area contributed by atoms with E-state index in [1.165, 1.54) is 160 Å². The van der Waals surface area contributed by atoms with Gasteiger partial charge in [-0.2, -0.15) is 11.8 Å². The number of rotatable bonds is 35. The van der Waals surface area contributed by atoms with Crippen LogP contribution < -0.4 is 0 Å². The van der Waals surface area contributed by atoms with E-state index in [1.54, 1.807) is 0 Å². The minimum atomic E-state index is -0.667. The van der Waals surface area contributed by atoms with Crippen LogP contribution in [0.15, 0.2) is 0 Å². The molecule has 2 saturated carbocycles. The number of hydrogen-bond acceptors (Lipinski definition) is 6. The summed E-state index contributed by atoms with van der Waals surface area (Å²) in [6.07, 6.45) is 40.4. The number of carbonyl (C=O) groups excluding carboxylic acids is 1. The molecule has 0 aromatic heterocycles. The SMILES string of the molecule is CCCC(CC)CCC(=O)O.CCCCCC(CCOC(=O)CCC1CCCCC1)CCC(CCC(CCCCC)CCSC1CCCCC1)N(C)CCCCO. The predicted molar refractivity (Wildman–Crippen MR) is 247 cm³/mol. The Bertz CT molecular complexity index is 907. The first kappa shape index (κ1) is 54.2. The van der Waals surface area contributed by atoms with Gasteiger partial charge in [0.1, 0.15) is 0 Å². The molecule has 57 heavy (non-hydrogen) atoms. The molecule has 2 N–H and O–H groups in total. The summed E-state index contributed by atoms with van der Waals surface area (Å²) in [4.78, 5) is 25.4. The standard InChI is InChI=1S/C41H79NO3S.C9H18O2/c1-4-6-10-18-37(30-34-45-41(44)29-26-36-20-12-8-13-21-36)24-27-39(42(3)32-16-17-33-43)28-25-38(19-11-7-5-2)31-35-46-40-22-14-9-15-23-40;1-3-5-8(4-2)6-7-9(10)11/h36-40,43H,4-35H2,1-3H3;8H,3-7H2,1-2H3,(H,10,11). The van der Waals surface area contributed by atoms with Crippen molar-refractivity contribution in [2.75, 3.05) is 32.6 Å². The Balaban J connectivity index is 0.00000128. The van der Waals surface area contributed by atoms with E-state index < -0.39 is 5.97 Å². The van der Waals surface area contributed by atoms with E-state index in [0.29, 0.717) is 43.9 Å². The van der Waals surface area contributed by atoms with Crippen LogP contribution in [0.1, 0.15) is 240 Å². The molecule has 7 heteroatoms. The number of carbonyl (C=O) groups is 2. The Hall–Kier alpha value is -0.790. The summed E-state index contributed by atoms with van der Waals surface area (Å²) in [6.45, 7) is 10.9. The lowest BCUT2D eigenvalue weighted by atomic mass is 9.86. The minimum Gasteiger partial charge on any atom is -0.481 e. The van der Waals surface area contributed by atoms with Crippen LogP contribution in [0.4, 0.5) is 0 Å². The van der Waals surface area contributed by atoms with E-state index in [-0.39, 0.29) is 5.97 Å². The number of aliphatic carboxylic acids is 1. The van der Waals surface area contributed by atoms with Crippen LogP contribution in [0.2, 0.25) is 0 Å². The summed E-state index contributed by atoms with van der Waals surface area (Å²) in [6, 6.07) is 0.616. The van der Waals surface area contributed by atoms with Crippen molar-refractivity contribution in [3.63, 3.8) is 0 Å². The maximum Gasteiger partial charge on any atom is 0.305 e. The lowest BCUT2D eigenvalue weighted by Gasteiger charge is -2.31. The average Bonchev–Trinajstić information content (AvgIpc) is 3.22. The number of thioether (sulfide) groups is 1. The van der Waals surface area contributed by atoms with Crippen molar-refractivity contribution in [3.8, 4) is 0 Å². The van der Waals surface area contributed by atoms with Gasteiger partial charge in [-0.15, -0.1) is 0 Å². The maximum atomic E-state index is 12.6. The highest BCUT2D eigenvalue weighted by molar-refractivity contribution is 7.99. The molecule has 0 aromatic carbocycles. The number of hydrogen-bond donors (Lipinski definition) is 2. The molecule has 0 spiro atoms. The van der Waals surface area contributed by atoms with Crippen LogP contribution >= 0.6 is 11.8 Å². The van der Waals surface area contributed by atoms with Gasteiger partial charge in [0.25, 0.3) is 0 Å². The van der Waals surface area contributed by atoms with Crippen LogP contribution in [-0.2, 0) is 14.3 Å². The quantitative estimate of drug-likeness (QED) is 0.0486. The number of aliphatic hydroxyl groups excluding tert-OH is 1. The molecule has 0 radical (unpaired) electrons. The number of ether oxygens (including phenoxy) is 1. The normalized spacial score (nSPS) is 17.5. The third kappa shape index (κ3) is 30.8. The van der Waals surface area contributed by atoms with Gasteiger partial charge in [-0.05, 0) is 120 Å². The molecule has 4 unspecified atom stereocenters. The molecule has 0 saturated heterocycles. The molecular weight excluding hydrogens is 727 g/mol. The molecule has 0 bridgehead atoms. The van der Waals surface area contributed by atoms with Crippen molar-refractivity contribution in [2.24, 2.45) is 23.7 Å². The van der Waals surface area contributed by atoms with Gasteiger partial charge in [0.15, 0.2) is 0 Å². The number of carboxylic acids is 1. The summed E-state index contributed by atoms with van der Waals surface area (Å²) in [5.41, 5.74) is 0. The molecule has 2 rings (SSSR count). The van der Waals surface area contributed by atoms with Crippen molar-refractivity contribution in [2.45, 2.75) is 251 Å². The smallest absolute Gasteiger partial charge is 0.305 e. The fourth-order valence-electron chi connectivity index (χ4n) is 9.46. The second-order valence-corrected chi connectivity index (χ2v) is 19.8. The Labute approximate surface area is 359 Å². The second kappa shape index (κ2) is 38.2. The van der Waals surface area contributed by atoms with Gasteiger partial charge in [0.05, 0.1) is 6.61 Å². The van der Waals surface area contributed by atoms with E-state index in [4.69, 9.17) is 9.84 Å². The van der Waals surface area contributed by atoms with E-state index in [2.05, 4.69) is 51.4 Å². The third-order valence-corrected chi connectivity index (χ3v) is 14.9. The highest BCUT2D eigenvalue weighted by Gasteiger charge is 2.22. The van der Waals surface area contributed by atoms with Gasteiger partial charge in [0.2, 0.25) is 0 Å². The predicted octanol–water partition coefficient (Wildman–Crippen LogP) is 14.4. The first-order valence-electron chi connectivity index (χ1n) is 25.1. The largest absolute Gasteiger partial charge is 0.481 e. The average molecular weight is 824 g/mol. The summed E-state index contributed by atoms with van der Waals surface area (Å²) >= 11 is 2.29. The zero-order valence-corrected chi connectivity index (χ0v) is 39.4. The summed E-state index contributed by atoms with van der Waals surface area (Å²) in [5, 5.41) is 18.8. The van der Waals surface area contributed by atoms with Gasteiger partial charge in [-0.1, -0.05) is 150 Å². The first-order chi connectivity index (χ1) is 27.8. The molecule has 2 aliphatic rings. The van der Waals surface area contributed by atoms with Gasteiger partial charge in [0, 0.05) is 30.7 Å². The van der Waals surface area contributed by atoms with E-state index in [9.17, 15) is 14.7 Å². The Morgan fingerprint density at radius 2 is 1.26 bits per heavy atom. The molecule has 6 nitrogen and oxygen atoms in total. The Kier molecular flexibility index (Phi) is 36.3. The molecule has 2 aliphatic carbocycles. The third-order valence-electron chi connectivity index (χ3n) is 13.5. The van der Waals surface area contributed by atoms with Crippen molar-refractivity contribution in [1.29, 1.82) is 0 Å². The summed E-state index contributed by atoms with van der Waals surface area (Å²) in [5.74, 6) is 3.61. The van der Waals surface area contributed by atoms with Gasteiger partial charge in [-0.25, -0.2) is 0 Å². The number of unbranched alkanes of at least 4 members (excludes halogenated alkanes) is 5. The lowest BCUT2D eigenvalue weighted by molar-refractivity contribution is -0.144. The maximum absolute atomic E-state index is 12.6. The molecule has 0 aliphatic heterocycles. The molecule has 2 fully saturated rings. The van der Waals surface area contributed by atoms with Gasteiger partial charge >= 0.3 is 11.9 Å². The fourth-order valence-corrected chi connectivity index (χ4v) is 10.9. The summed E-state index contributed by atoms with van der Waals surface area (Å²) < 4.78 is 5.82. The van der Waals surface area contributed by atoms with Gasteiger partial charge in [-0.3, -0.25) is 9.59 Å². The highest BCUT2D eigenvalue weighted by atomic mass is 32.2. The topological polar surface area (TPSA) is 87.1 Å². The van der Waals surface area contributed by atoms with Crippen LogP contribution in [0.25, 0.3) is 0 Å². The molecule has 0 heterocycles. The number of carboxylic acid groups (broad SMARTS) is 1. The molecular formula is C50H97NO5S. The number of aliphatic hydroxyl groups is 1. The van der Waals surface area contributed by atoms with Crippen LogP contribution in [0.3, 0.4) is 0 Å². The summed E-state index contributed by atoms with van der Waals surface area (Å²) in [7, 11) is 2.34. The fraction of sp³-hybridized carbons (Fsp3) is 0.960. The number of nitrogens with zero attached hydrogens (tertiary/aromatic N) is 1. The molecule has 4 atom stereocenters. The van der Waals surface area contributed by atoms with Crippen molar-refractivity contribution < 1.29 is 24.5 Å². The zero-order valence-electron chi connectivity index (χ0n) is 38.6. The monoisotopic (exact) mass is 824 g/mol. The first-order valence-corrected chi connectivity index (χ1v) is 26.1. The highest BCUT2D eigenvalue weighted by Crippen LogP contribution is 2.32. The van der Waals surface area contributed by atoms with Gasteiger partial charge < -0.3 is 19.8 Å².